The summed E-state index contributed by atoms with van der Waals surface area (Å²) in [6.45, 7) is 11.6. The minimum atomic E-state index is -0.909. The summed E-state index contributed by atoms with van der Waals surface area (Å²) >= 11 is 0. The molecule has 2 aliphatic rings. The van der Waals surface area contributed by atoms with Gasteiger partial charge in [-0.25, -0.2) is 0 Å². The summed E-state index contributed by atoms with van der Waals surface area (Å²) in [5.41, 5.74) is 2.61. The van der Waals surface area contributed by atoms with Crippen molar-refractivity contribution in [3.05, 3.63) is 23.8 Å². The fourth-order valence-corrected chi connectivity index (χ4v) is 5.44. The van der Waals surface area contributed by atoms with Crippen LogP contribution in [-0.2, 0) is 9.53 Å². The minimum absolute atomic E-state index is 0.255. The van der Waals surface area contributed by atoms with E-state index in [-0.39, 0.29) is 11.8 Å². The van der Waals surface area contributed by atoms with E-state index < -0.39 is 6.29 Å². The summed E-state index contributed by atoms with van der Waals surface area (Å²) < 4.78 is 4.87. The lowest BCUT2D eigenvalue weighted by molar-refractivity contribution is -0.107. The molecule has 24 heavy (non-hydrogen) atoms. The molecule has 0 unspecified atom stereocenters. The van der Waals surface area contributed by atoms with E-state index in [9.17, 15) is 9.90 Å². The SMILES string of the molecule is C=C1CC[C@H]2C(C)(C)CCC[C@]2(C)[C@H]1CC=C(C=O)C[C@@H](O)OC. The third-order valence-electron chi connectivity index (χ3n) is 6.77. The van der Waals surface area contributed by atoms with Gasteiger partial charge in [-0.1, -0.05) is 45.4 Å². The lowest BCUT2D eigenvalue weighted by atomic mass is 9.47. The number of carbonyl (C=O) groups excluding carboxylic acids is 1. The average Bonchev–Trinajstić information content (AvgIpc) is 2.51. The van der Waals surface area contributed by atoms with E-state index in [1.54, 1.807) is 0 Å². The molecule has 2 saturated carbocycles. The smallest absolute Gasteiger partial charge is 0.158 e. The fraction of sp³-hybridized carbons (Fsp3) is 0.762. The maximum atomic E-state index is 11.3. The zero-order valence-electron chi connectivity index (χ0n) is 15.8. The Hall–Kier alpha value is -0.930. The van der Waals surface area contributed by atoms with Gasteiger partial charge in [0.15, 0.2) is 6.29 Å². The maximum absolute atomic E-state index is 11.3. The Labute approximate surface area is 147 Å². The Bertz CT molecular complexity index is 505. The Morgan fingerprint density at radius 3 is 2.75 bits per heavy atom. The highest BCUT2D eigenvalue weighted by atomic mass is 16.6. The molecule has 2 rings (SSSR count). The third-order valence-corrected chi connectivity index (χ3v) is 6.77. The molecule has 2 aliphatic carbocycles. The van der Waals surface area contributed by atoms with Crippen LogP contribution in [0.2, 0.25) is 0 Å². The van der Waals surface area contributed by atoms with E-state index >= 15 is 0 Å². The van der Waals surface area contributed by atoms with Crippen molar-refractivity contribution in [3.8, 4) is 0 Å². The number of fused-ring (bicyclic) bond motifs is 1. The molecule has 0 aromatic carbocycles. The van der Waals surface area contributed by atoms with Gasteiger partial charge in [0, 0.05) is 13.5 Å². The molecular weight excluding hydrogens is 300 g/mol. The van der Waals surface area contributed by atoms with Gasteiger partial charge in [-0.2, -0.15) is 0 Å². The van der Waals surface area contributed by atoms with Gasteiger partial charge < -0.3 is 9.84 Å². The first kappa shape index (κ1) is 19.4. The predicted octanol–water partition coefficient (Wildman–Crippen LogP) is 4.66. The number of hydrogen-bond acceptors (Lipinski definition) is 3. The molecule has 3 nitrogen and oxygen atoms in total. The quantitative estimate of drug-likeness (QED) is 0.333. The first-order valence-corrected chi connectivity index (χ1v) is 9.27. The van der Waals surface area contributed by atoms with Crippen molar-refractivity contribution in [2.45, 2.75) is 72.0 Å². The Kier molecular flexibility index (Phi) is 6.09. The number of aliphatic hydroxyl groups is 1. The van der Waals surface area contributed by atoms with Crippen molar-refractivity contribution < 1.29 is 14.6 Å². The van der Waals surface area contributed by atoms with Crippen molar-refractivity contribution in [1.29, 1.82) is 0 Å². The molecule has 136 valence electrons. The zero-order chi connectivity index (χ0) is 18.0. The molecule has 0 aliphatic heterocycles. The second-order valence-corrected chi connectivity index (χ2v) is 8.68. The van der Waals surface area contributed by atoms with Crippen LogP contribution in [0.15, 0.2) is 23.8 Å². The van der Waals surface area contributed by atoms with Crippen molar-refractivity contribution in [1.82, 2.24) is 0 Å². The van der Waals surface area contributed by atoms with Gasteiger partial charge in [0.05, 0.1) is 0 Å². The molecule has 0 amide bonds. The number of methoxy groups -OCH3 is 1. The number of hydrogen-bond donors (Lipinski definition) is 1. The molecule has 0 aromatic rings. The normalized spacial score (nSPS) is 34.5. The van der Waals surface area contributed by atoms with Crippen LogP contribution >= 0.6 is 0 Å². The van der Waals surface area contributed by atoms with E-state index in [0.717, 1.165) is 19.1 Å². The van der Waals surface area contributed by atoms with Crippen LogP contribution in [0, 0.1) is 22.7 Å². The summed E-state index contributed by atoms with van der Waals surface area (Å²) in [5.74, 6) is 1.14. The molecule has 3 heteroatoms. The van der Waals surface area contributed by atoms with Gasteiger partial charge >= 0.3 is 0 Å². The van der Waals surface area contributed by atoms with Gasteiger partial charge in [-0.05, 0) is 60.3 Å². The van der Waals surface area contributed by atoms with Crippen molar-refractivity contribution >= 4 is 6.29 Å². The summed E-state index contributed by atoms with van der Waals surface area (Å²) in [6.07, 6.45) is 9.20. The van der Waals surface area contributed by atoms with E-state index in [2.05, 4.69) is 27.4 Å². The van der Waals surface area contributed by atoms with E-state index in [4.69, 9.17) is 4.74 Å². The molecule has 0 aromatic heterocycles. The van der Waals surface area contributed by atoms with E-state index in [0.29, 0.717) is 22.8 Å². The lowest BCUT2D eigenvalue weighted by Gasteiger charge is -2.58. The number of aliphatic hydroxyl groups excluding tert-OH is 1. The summed E-state index contributed by atoms with van der Waals surface area (Å²) in [6, 6.07) is 0. The van der Waals surface area contributed by atoms with Gasteiger partial charge in [-0.15, -0.1) is 0 Å². The second-order valence-electron chi connectivity index (χ2n) is 8.68. The van der Waals surface area contributed by atoms with Gasteiger partial charge in [0.2, 0.25) is 0 Å². The second kappa shape index (κ2) is 7.53. The number of allylic oxidation sites excluding steroid dienone is 2. The molecule has 0 spiro atoms. The topological polar surface area (TPSA) is 46.5 Å². The highest BCUT2D eigenvalue weighted by Gasteiger charge is 2.52. The molecule has 4 atom stereocenters. The average molecular weight is 335 g/mol. The monoisotopic (exact) mass is 334 g/mol. The van der Waals surface area contributed by atoms with Gasteiger partial charge in [-0.3, -0.25) is 4.79 Å². The standard InChI is InChI=1S/C21H34O3/c1-15-7-10-18-20(2,3)11-6-12-21(18,4)17(15)9-8-16(14-22)13-19(23)24-5/h8,14,17-19,23H,1,6-7,9-13H2,2-5H3/t17-,18-,19-,21+/m0/s1. The van der Waals surface area contributed by atoms with Crippen molar-refractivity contribution in [2.75, 3.05) is 7.11 Å². The van der Waals surface area contributed by atoms with Crippen LogP contribution in [0.3, 0.4) is 0 Å². The highest BCUT2D eigenvalue weighted by Crippen LogP contribution is 2.61. The van der Waals surface area contributed by atoms with E-state index in [1.807, 2.05) is 6.08 Å². The largest absolute Gasteiger partial charge is 0.368 e. The summed E-state index contributed by atoms with van der Waals surface area (Å²) in [4.78, 5) is 11.3. The number of carbonyl (C=O) groups is 1. The first-order chi connectivity index (χ1) is 11.2. The maximum Gasteiger partial charge on any atom is 0.158 e. The highest BCUT2D eigenvalue weighted by molar-refractivity contribution is 5.73. The molecule has 0 saturated heterocycles. The molecule has 2 fully saturated rings. The molecule has 0 radical (unpaired) electrons. The lowest BCUT2D eigenvalue weighted by Crippen LogP contribution is -2.49. The van der Waals surface area contributed by atoms with E-state index in [1.165, 1.54) is 38.4 Å². The molecule has 1 N–H and O–H groups in total. The zero-order valence-corrected chi connectivity index (χ0v) is 15.8. The third kappa shape index (κ3) is 3.83. The molecular formula is C21H34O3. The minimum Gasteiger partial charge on any atom is -0.368 e. The summed E-state index contributed by atoms with van der Waals surface area (Å²) in [7, 11) is 1.45. The fourth-order valence-electron chi connectivity index (χ4n) is 5.44. The van der Waals surface area contributed by atoms with Crippen LogP contribution in [0.1, 0.15) is 65.7 Å². The summed E-state index contributed by atoms with van der Waals surface area (Å²) in [5, 5.41) is 9.62. The van der Waals surface area contributed by atoms with Crippen molar-refractivity contribution in [3.63, 3.8) is 0 Å². The predicted molar refractivity (Wildman–Crippen MR) is 97.5 cm³/mol. The van der Waals surface area contributed by atoms with Gasteiger partial charge in [0.1, 0.15) is 6.29 Å². The first-order valence-electron chi connectivity index (χ1n) is 9.27. The Balaban J connectivity index is 2.20. The Morgan fingerprint density at radius 1 is 1.42 bits per heavy atom. The van der Waals surface area contributed by atoms with Gasteiger partial charge in [0.25, 0.3) is 0 Å². The molecule has 0 heterocycles. The number of ether oxygens (including phenoxy) is 1. The van der Waals surface area contributed by atoms with Crippen molar-refractivity contribution in [2.24, 2.45) is 22.7 Å². The van der Waals surface area contributed by atoms with Crippen LogP contribution in [-0.4, -0.2) is 24.8 Å². The van der Waals surface area contributed by atoms with Crippen LogP contribution in [0.25, 0.3) is 0 Å². The molecule has 0 bridgehead atoms. The van der Waals surface area contributed by atoms with Crippen LogP contribution in [0.5, 0.6) is 0 Å². The van der Waals surface area contributed by atoms with Crippen LogP contribution < -0.4 is 0 Å². The Morgan fingerprint density at radius 2 is 2.12 bits per heavy atom. The number of rotatable bonds is 6. The number of aldehydes is 1. The van der Waals surface area contributed by atoms with Crippen LogP contribution in [0.4, 0.5) is 0 Å².